The zero-order valence-electron chi connectivity index (χ0n) is 16.6. The highest BCUT2D eigenvalue weighted by Gasteiger charge is 2.17. The molecule has 158 valence electrons. The molecule has 0 saturated carbocycles. The molecule has 0 aliphatic carbocycles. The Bertz CT molecular complexity index is 1140. The van der Waals surface area contributed by atoms with E-state index in [2.05, 4.69) is 15.0 Å². The van der Waals surface area contributed by atoms with E-state index in [0.29, 0.717) is 22.9 Å². The lowest BCUT2D eigenvalue weighted by molar-refractivity contribution is -0.115. The smallest absolute Gasteiger partial charge is 0.263 e. The molecule has 0 aliphatic heterocycles. The van der Waals surface area contributed by atoms with E-state index in [1.165, 1.54) is 26.4 Å². The highest BCUT2D eigenvalue weighted by Crippen LogP contribution is 2.26. The number of hydrogen-bond acceptors (Lipinski definition) is 7. The maximum Gasteiger partial charge on any atom is 0.263 e. The number of ether oxygens (including phenoxy) is 2. The number of methoxy groups -OCH3 is 2. The fourth-order valence-electron chi connectivity index (χ4n) is 2.62. The third-order valence-electron chi connectivity index (χ3n) is 4.12. The van der Waals surface area contributed by atoms with Gasteiger partial charge in [0.25, 0.3) is 10.0 Å². The van der Waals surface area contributed by atoms with Gasteiger partial charge in [0.1, 0.15) is 11.5 Å². The third kappa shape index (κ3) is 5.28. The van der Waals surface area contributed by atoms with E-state index in [-0.39, 0.29) is 22.4 Å². The quantitative estimate of drug-likeness (QED) is 0.548. The zero-order chi connectivity index (χ0) is 21.7. The summed E-state index contributed by atoms with van der Waals surface area (Å²) in [4.78, 5) is 16.7. The van der Waals surface area contributed by atoms with Crippen LogP contribution in [0.15, 0.2) is 52.7 Å². The van der Waals surface area contributed by atoms with Crippen molar-refractivity contribution in [3.05, 3.63) is 59.1 Å². The summed E-state index contributed by atoms with van der Waals surface area (Å²) in [6, 6.07) is 11.5. The zero-order valence-corrected chi connectivity index (χ0v) is 18.3. The van der Waals surface area contributed by atoms with E-state index in [1.807, 2.05) is 19.1 Å². The van der Waals surface area contributed by atoms with Crippen LogP contribution in [0.25, 0.3) is 0 Å². The highest BCUT2D eigenvalue weighted by molar-refractivity contribution is 7.93. The van der Waals surface area contributed by atoms with E-state index in [9.17, 15) is 13.2 Å². The minimum atomic E-state index is -3.79. The minimum absolute atomic E-state index is 0.00219. The lowest BCUT2D eigenvalue weighted by Gasteiger charge is -2.10. The van der Waals surface area contributed by atoms with Crippen molar-refractivity contribution < 1.29 is 22.7 Å². The first-order chi connectivity index (χ1) is 14.3. The second kappa shape index (κ2) is 9.14. The second-order valence-corrected chi connectivity index (χ2v) is 8.89. The Balaban J connectivity index is 1.65. The van der Waals surface area contributed by atoms with Gasteiger partial charge < -0.3 is 14.8 Å². The SMILES string of the molecule is COc1ccc(S(=O)(=O)Nc2nc(CC(=O)Nc3ccc(C)cc3OC)cs2)cc1. The number of rotatable bonds is 8. The number of aromatic nitrogens is 1. The first-order valence-electron chi connectivity index (χ1n) is 8.86. The van der Waals surface area contributed by atoms with Crippen LogP contribution >= 0.6 is 11.3 Å². The van der Waals surface area contributed by atoms with Gasteiger partial charge in [-0.05, 0) is 48.9 Å². The van der Waals surface area contributed by atoms with Gasteiger partial charge in [-0.2, -0.15) is 0 Å². The van der Waals surface area contributed by atoms with Crippen LogP contribution in [-0.2, 0) is 21.2 Å². The van der Waals surface area contributed by atoms with Gasteiger partial charge in [-0.25, -0.2) is 13.4 Å². The number of thiazole rings is 1. The topological polar surface area (TPSA) is 107 Å². The number of nitrogens with one attached hydrogen (secondary N) is 2. The molecule has 0 spiro atoms. The van der Waals surface area contributed by atoms with E-state index >= 15 is 0 Å². The maximum atomic E-state index is 12.5. The molecule has 0 atom stereocenters. The Hall–Kier alpha value is -3.11. The summed E-state index contributed by atoms with van der Waals surface area (Å²) >= 11 is 1.11. The minimum Gasteiger partial charge on any atom is -0.497 e. The molecule has 3 aromatic rings. The molecule has 1 aromatic heterocycles. The van der Waals surface area contributed by atoms with Gasteiger partial charge in [0.15, 0.2) is 5.13 Å². The summed E-state index contributed by atoms with van der Waals surface area (Å²) in [5, 5.41) is 4.60. The predicted octanol–water partition coefficient (Wildman–Crippen LogP) is 3.45. The lowest BCUT2D eigenvalue weighted by Crippen LogP contribution is -2.16. The first kappa shape index (κ1) is 21.6. The van der Waals surface area contributed by atoms with Crippen LogP contribution in [0.1, 0.15) is 11.3 Å². The lowest BCUT2D eigenvalue weighted by atomic mass is 10.2. The normalized spacial score (nSPS) is 11.0. The number of aryl methyl sites for hydroxylation is 1. The third-order valence-corrected chi connectivity index (χ3v) is 6.41. The monoisotopic (exact) mass is 447 g/mol. The van der Waals surface area contributed by atoms with Crippen LogP contribution < -0.4 is 19.5 Å². The molecule has 0 bridgehead atoms. The summed E-state index contributed by atoms with van der Waals surface area (Å²) in [5.41, 5.74) is 2.03. The Morgan fingerprint density at radius 1 is 1.10 bits per heavy atom. The molecule has 0 aliphatic rings. The number of nitrogens with zero attached hydrogens (tertiary/aromatic N) is 1. The standard InChI is InChI=1S/C20H21N3O5S2/c1-13-4-9-17(18(10-13)28-3)22-19(24)11-14-12-29-20(21-14)23-30(25,26)16-7-5-15(27-2)6-8-16/h4-10,12H,11H2,1-3H3,(H,21,23)(H,22,24). The van der Waals surface area contributed by atoms with Crippen LogP contribution in [0.4, 0.5) is 10.8 Å². The van der Waals surface area contributed by atoms with Gasteiger partial charge >= 0.3 is 0 Å². The summed E-state index contributed by atoms with van der Waals surface area (Å²) in [6.07, 6.45) is -0.00219. The molecule has 1 amide bonds. The molecule has 0 unspecified atom stereocenters. The van der Waals surface area contributed by atoms with Crippen molar-refractivity contribution in [2.24, 2.45) is 0 Å². The van der Waals surface area contributed by atoms with Gasteiger partial charge in [0, 0.05) is 5.38 Å². The molecular formula is C20H21N3O5S2. The van der Waals surface area contributed by atoms with Gasteiger partial charge in [0.05, 0.1) is 36.9 Å². The summed E-state index contributed by atoms with van der Waals surface area (Å²) < 4.78 is 37.7. The molecule has 0 fully saturated rings. The van der Waals surface area contributed by atoms with Crippen LogP contribution in [0.2, 0.25) is 0 Å². The predicted molar refractivity (Wildman–Crippen MR) is 116 cm³/mol. The van der Waals surface area contributed by atoms with Gasteiger partial charge in [-0.1, -0.05) is 6.07 Å². The number of hydrogen-bond donors (Lipinski definition) is 2. The molecule has 2 aromatic carbocycles. The number of carbonyl (C=O) groups excluding carboxylic acids is 1. The first-order valence-corrected chi connectivity index (χ1v) is 11.2. The van der Waals surface area contributed by atoms with E-state index in [1.54, 1.807) is 23.6 Å². The molecule has 1 heterocycles. The molecular weight excluding hydrogens is 426 g/mol. The number of anilines is 2. The summed E-state index contributed by atoms with van der Waals surface area (Å²) in [5.74, 6) is 0.836. The molecule has 0 radical (unpaired) electrons. The van der Waals surface area contributed by atoms with Gasteiger partial charge in [0.2, 0.25) is 5.91 Å². The van der Waals surface area contributed by atoms with Crippen molar-refractivity contribution >= 4 is 38.1 Å². The van der Waals surface area contributed by atoms with Crippen molar-refractivity contribution in [1.82, 2.24) is 4.98 Å². The van der Waals surface area contributed by atoms with Crippen LogP contribution in [0, 0.1) is 6.92 Å². The van der Waals surface area contributed by atoms with Gasteiger partial charge in [-0.15, -0.1) is 11.3 Å². The van der Waals surface area contributed by atoms with Crippen molar-refractivity contribution in [3.8, 4) is 11.5 Å². The van der Waals surface area contributed by atoms with E-state index in [0.717, 1.165) is 16.9 Å². The van der Waals surface area contributed by atoms with Crippen LogP contribution in [-0.4, -0.2) is 33.5 Å². The Kier molecular flexibility index (Phi) is 6.58. The van der Waals surface area contributed by atoms with E-state index < -0.39 is 10.0 Å². The fourth-order valence-corrected chi connectivity index (χ4v) is 4.59. The molecule has 0 saturated heterocycles. The van der Waals surface area contributed by atoms with Crippen molar-refractivity contribution in [2.45, 2.75) is 18.2 Å². The van der Waals surface area contributed by atoms with Gasteiger partial charge in [-0.3, -0.25) is 9.52 Å². The fraction of sp³-hybridized carbons (Fsp3) is 0.200. The number of benzene rings is 2. The van der Waals surface area contributed by atoms with Crippen molar-refractivity contribution in [1.29, 1.82) is 0 Å². The summed E-state index contributed by atoms with van der Waals surface area (Å²) in [6.45, 7) is 1.93. The number of amides is 1. The van der Waals surface area contributed by atoms with E-state index in [4.69, 9.17) is 9.47 Å². The Morgan fingerprint density at radius 3 is 2.50 bits per heavy atom. The average Bonchev–Trinajstić information content (AvgIpc) is 3.15. The average molecular weight is 448 g/mol. The van der Waals surface area contributed by atoms with Crippen LogP contribution in [0.5, 0.6) is 11.5 Å². The molecule has 10 heteroatoms. The highest BCUT2D eigenvalue weighted by atomic mass is 32.2. The molecule has 2 N–H and O–H groups in total. The second-order valence-electron chi connectivity index (χ2n) is 6.35. The molecule has 3 rings (SSSR count). The largest absolute Gasteiger partial charge is 0.497 e. The van der Waals surface area contributed by atoms with Crippen molar-refractivity contribution in [2.75, 3.05) is 24.3 Å². The number of carbonyl (C=O) groups is 1. The molecule has 8 nitrogen and oxygen atoms in total. The Labute approximate surface area is 178 Å². The van der Waals surface area contributed by atoms with Crippen LogP contribution in [0.3, 0.4) is 0 Å². The maximum absolute atomic E-state index is 12.5. The van der Waals surface area contributed by atoms with Crippen molar-refractivity contribution in [3.63, 3.8) is 0 Å². The summed E-state index contributed by atoms with van der Waals surface area (Å²) in [7, 11) is -0.752. The Morgan fingerprint density at radius 2 is 1.83 bits per heavy atom. The number of sulfonamides is 1. The molecule has 30 heavy (non-hydrogen) atoms.